The fraction of sp³-hybridized carbons (Fsp3) is 0.0714. The van der Waals surface area contributed by atoms with Gasteiger partial charge in [0.05, 0.1) is 11.6 Å². The zero-order valence-electron chi connectivity index (χ0n) is 20.1. The first kappa shape index (κ1) is 23.5. The van der Waals surface area contributed by atoms with Crippen LogP contribution in [-0.2, 0) is 6.42 Å². The Bertz CT molecular complexity index is 1790. The summed E-state index contributed by atoms with van der Waals surface area (Å²) in [4.78, 5) is 25.5. The quantitative estimate of drug-likeness (QED) is 0.207. The van der Waals surface area contributed by atoms with Gasteiger partial charge < -0.3 is 21.8 Å². The first-order valence-electron chi connectivity index (χ1n) is 11.9. The lowest BCUT2D eigenvalue weighted by atomic mass is 10.0. The van der Waals surface area contributed by atoms with Crippen LogP contribution >= 0.6 is 11.6 Å². The highest BCUT2D eigenvalue weighted by Crippen LogP contribution is 2.31. The van der Waals surface area contributed by atoms with Crippen LogP contribution in [0.5, 0.6) is 0 Å². The lowest BCUT2D eigenvalue weighted by Gasteiger charge is -2.17. The average molecular weight is 523 g/mol. The number of nitrogens with zero attached hydrogens (tertiary/aromatic N) is 3. The number of benzene rings is 3. The number of H-pyrrole nitrogens is 2. The maximum atomic E-state index is 13.4. The van der Waals surface area contributed by atoms with Crippen molar-refractivity contribution in [3.63, 3.8) is 0 Å². The van der Waals surface area contributed by atoms with Crippen LogP contribution in [0.15, 0.2) is 79.0 Å². The van der Waals surface area contributed by atoms with Crippen molar-refractivity contribution in [1.82, 2.24) is 30.5 Å². The molecule has 1 atom stereocenters. The third-order valence-electron chi connectivity index (χ3n) is 6.52. The van der Waals surface area contributed by atoms with Crippen LogP contribution in [-0.4, -0.2) is 31.1 Å². The molecular formula is C28H23ClN8O. The second-order valence-corrected chi connectivity index (χ2v) is 9.38. The molecule has 0 saturated carbocycles. The zero-order chi connectivity index (χ0) is 26.2. The number of aromatic nitrogens is 5. The molecule has 38 heavy (non-hydrogen) atoms. The summed E-state index contributed by atoms with van der Waals surface area (Å²) in [6, 6.07) is 22.2. The summed E-state index contributed by atoms with van der Waals surface area (Å²) < 4.78 is 0. The number of aromatic amines is 2. The maximum absolute atomic E-state index is 13.4. The third-order valence-corrected chi connectivity index (χ3v) is 6.79. The van der Waals surface area contributed by atoms with Gasteiger partial charge >= 0.3 is 0 Å². The van der Waals surface area contributed by atoms with E-state index in [9.17, 15) is 4.79 Å². The number of imidazole rings is 1. The minimum atomic E-state index is -0.471. The van der Waals surface area contributed by atoms with Gasteiger partial charge in [0.15, 0.2) is 5.82 Å². The lowest BCUT2D eigenvalue weighted by molar-refractivity contribution is 0.0935. The van der Waals surface area contributed by atoms with Crippen LogP contribution in [0.25, 0.3) is 32.9 Å². The fourth-order valence-corrected chi connectivity index (χ4v) is 4.81. The number of amides is 1. The van der Waals surface area contributed by atoms with Gasteiger partial charge in [0.25, 0.3) is 5.91 Å². The van der Waals surface area contributed by atoms with Crippen LogP contribution in [0.1, 0.15) is 27.8 Å². The molecule has 9 nitrogen and oxygen atoms in total. The highest BCUT2D eigenvalue weighted by molar-refractivity contribution is 6.32. The molecular weight excluding hydrogens is 500 g/mol. The highest BCUT2D eigenvalue weighted by atomic mass is 35.5. The third kappa shape index (κ3) is 4.39. The lowest BCUT2D eigenvalue weighted by Crippen LogP contribution is -2.30. The monoisotopic (exact) mass is 522 g/mol. The van der Waals surface area contributed by atoms with E-state index in [1.807, 2.05) is 54.6 Å². The van der Waals surface area contributed by atoms with Gasteiger partial charge in [0.2, 0.25) is 0 Å². The number of fused-ring (bicyclic) bond motifs is 2. The number of nitrogen functional groups attached to an aromatic ring is 2. The van der Waals surface area contributed by atoms with Crippen molar-refractivity contribution in [3.05, 3.63) is 101 Å². The van der Waals surface area contributed by atoms with E-state index in [0.717, 1.165) is 32.8 Å². The van der Waals surface area contributed by atoms with E-state index in [0.29, 0.717) is 40.3 Å². The number of nitrogens with two attached hydrogens (primary N) is 2. The standard InChI is InChI=1S/C28H23ClN8O/c29-24-23(17-6-9-20-21(14-17)36-37-26(20)31)34-27(35-24)22(12-15-4-2-1-3-5-15)33-28(38)18-7-8-19-16(13-18)10-11-32-25(19)30/h1-11,13-14,22H,12H2,(H2,30,32)(H,33,38)(H,34,35)(H3,31,36,37). The van der Waals surface area contributed by atoms with Crippen LogP contribution in [0, 0.1) is 0 Å². The van der Waals surface area contributed by atoms with E-state index in [4.69, 9.17) is 28.1 Å². The Morgan fingerprint density at radius 3 is 2.63 bits per heavy atom. The number of nitrogens with one attached hydrogen (secondary N) is 3. The van der Waals surface area contributed by atoms with E-state index in [1.165, 1.54) is 0 Å². The predicted molar refractivity (Wildman–Crippen MR) is 150 cm³/mol. The molecule has 1 amide bonds. The number of rotatable bonds is 6. The number of carbonyl (C=O) groups is 1. The van der Waals surface area contributed by atoms with Gasteiger partial charge in [0.1, 0.15) is 22.5 Å². The molecule has 0 aliphatic rings. The summed E-state index contributed by atoms with van der Waals surface area (Å²) in [5.41, 5.74) is 15.6. The van der Waals surface area contributed by atoms with Gasteiger partial charge in [-0.1, -0.05) is 48.0 Å². The van der Waals surface area contributed by atoms with Gasteiger partial charge in [-0.05, 0) is 53.8 Å². The summed E-state index contributed by atoms with van der Waals surface area (Å²) in [5.74, 6) is 1.15. The van der Waals surface area contributed by atoms with Gasteiger partial charge in [-0.15, -0.1) is 0 Å². The molecule has 10 heteroatoms. The molecule has 3 aromatic carbocycles. The van der Waals surface area contributed by atoms with Crippen LogP contribution in [0.3, 0.4) is 0 Å². The molecule has 7 N–H and O–H groups in total. The number of halogens is 1. The number of pyridine rings is 1. The topological polar surface area (TPSA) is 151 Å². The normalized spacial score (nSPS) is 12.1. The predicted octanol–water partition coefficient (Wildman–Crippen LogP) is 5.03. The molecule has 1 unspecified atom stereocenters. The minimum Gasteiger partial charge on any atom is -0.383 e. The Morgan fingerprint density at radius 1 is 0.974 bits per heavy atom. The summed E-state index contributed by atoms with van der Waals surface area (Å²) in [7, 11) is 0. The van der Waals surface area contributed by atoms with Crippen molar-refractivity contribution in [2.24, 2.45) is 0 Å². The van der Waals surface area contributed by atoms with Gasteiger partial charge in [-0.3, -0.25) is 9.89 Å². The largest absolute Gasteiger partial charge is 0.383 e. The van der Waals surface area contributed by atoms with E-state index < -0.39 is 6.04 Å². The van der Waals surface area contributed by atoms with E-state index in [2.05, 4.69) is 25.5 Å². The van der Waals surface area contributed by atoms with E-state index >= 15 is 0 Å². The summed E-state index contributed by atoms with van der Waals surface area (Å²) in [6.45, 7) is 0. The molecule has 0 radical (unpaired) electrons. The molecule has 6 rings (SSSR count). The van der Waals surface area contributed by atoms with Crippen molar-refractivity contribution < 1.29 is 4.79 Å². The maximum Gasteiger partial charge on any atom is 0.251 e. The van der Waals surface area contributed by atoms with Crippen molar-refractivity contribution >= 4 is 50.8 Å². The number of anilines is 2. The van der Waals surface area contributed by atoms with E-state index in [1.54, 1.807) is 24.4 Å². The van der Waals surface area contributed by atoms with Gasteiger partial charge in [-0.25, -0.2) is 9.97 Å². The highest BCUT2D eigenvalue weighted by Gasteiger charge is 2.23. The summed E-state index contributed by atoms with van der Waals surface area (Å²) in [5, 5.41) is 12.9. The Labute approximate surface area is 222 Å². The van der Waals surface area contributed by atoms with Crippen LogP contribution in [0.4, 0.5) is 11.6 Å². The Morgan fingerprint density at radius 2 is 1.79 bits per heavy atom. The average Bonchev–Trinajstić information content (AvgIpc) is 3.50. The Balaban J connectivity index is 1.34. The second kappa shape index (κ2) is 9.53. The van der Waals surface area contributed by atoms with Gasteiger partial charge in [-0.2, -0.15) is 5.10 Å². The first-order chi connectivity index (χ1) is 18.5. The summed E-state index contributed by atoms with van der Waals surface area (Å²) in [6.07, 6.45) is 2.13. The Kier molecular flexibility index (Phi) is 5.89. The van der Waals surface area contributed by atoms with Gasteiger partial charge in [0, 0.05) is 28.1 Å². The number of hydrogen-bond acceptors (Lipinski definition) is 6. The molecule has 0 aliphatic carbocycles. The van der Waals surface area contributed by atoms with Crippen LogP contribution < -0.4 is 16.8 Å². The molecule has 0 spiro atoms. The molecule has 188 valence electrons. The second-order valence-electron chi connectivity index (χ2n) is 9.00. The zero-order valence-corrected chi connectivity index (χ0v) is 20.8. The molecule has 3 heterocycles. The van der Waals surface area contributed by atoms with Crippen molar-refractivity contribution in [3.8, 4) is 11.3 Å². The molecule has 0 bridgehead atoms. The first-order valence-corrected chi connectivity index (χ1v) is 12.3. The molecule has 3 aromatic heterocycles. The molecule has 0 aliphatic heterocycles. The molecule has 0 saturated heterocycles. The fourth-order valence-electron chi connectivity index (χ4n) is 4.56. The SMILES string of the molecule is Nc1nccc2cc(C(=O)NC(Cc3ccccc3)c3nc(-c4ccc5c(N)n[nH]c5c4)c(Cl)[nH]3)ccc12. The molecule has 0 fully saturated rings. The minimum absolute atomic E-state index is 0.244. The van der Waals surface area contributed by atoms with Crippen LogP contribution in [0.2, 0.25) is 5.15 Å². The van der Waals surface area contributed by atoms with Crippen molar-refractivity contribution in [1.29, 1.82) is 0 Å². The van der Waals surface area contributed by atoms with E-state index in [-0.39, 0.29) is 5.91 Å². The Hall–Kier alpha value is -4.89. The molecule has 6 aromatic rings. The number of hydrogen-bond donors (Lipinski definition) is 5. The van der Waals surface area contributed by atoms with Crippen molar-refractivity contribution in [2.45, 2.75) is 12.5 Å². The smallest absolute Gasteiger partial charge is 0.251 e. The number of carbonyl (C=O) groups excluding carboxylic acids is 1. The summed E-state index contributed by atoms with van der Waals surface area (Å²) >= 11 is 6.62. The van der Waals surface area contributed by atoms with Crippen molar-refractivity contribution in [2.75, 3.05) is 11.5 Å².